The minimum absolute atomic E-state index is 0.0396. The van der Waals surface area contributed by atoms with E-state index in [9.17, 15) is 0 Å². The van der Waals surface area contributed by atoms with Gasteiger partial charge in [-0.1, -0.05) is 30.9 Å². The highest BCUT2D eigenvalue weighted by Gasteiger charge is 2.20. The third-order valence-corrected chi connectivity index (χ3v) is 4.27. The number of rotatable bonds is 2. The van der Waals surface area contributed by atoms with Gasteiger partial charge in [0.05, 0.1) is 17.3 Å². The Kier molecular flexibility index (Phi) is 3.42. The maximum atomic E-state index is 8.99. The van der Waals surface area contributed by atoms with Crippen LogP contribution >= 0.6 is 22.9 Å². The zero-order valence-electron chi connectivity index (χ0n) is 8.00. The molecule has 1 aromatic heterocycles. The van der Waals surface area contributed by atoms with Crippen molar-refractivity contribution in [3.63, 3.8) is 0 Å². The summed E-state index contributed by atoms with van der Waals surface area (Å²) in [5.41, 5.74) is 0.650. The summed E-state index contributed by atoms with van der Waals surface area (Å²) in [6.07, 6.45) is 6.42. The molecule has 0 unspecified atom stereocenters. The summed E-state index contributed by atoms with van der Waals surface area (Å²) in [6, 6.07) is 0. The number of hydrogen-bond donors (Lipinski definition) is 1. The highest BCUT2D eigenvalue weighted by molar-refractivity contribution is 7.16. The van der Waals surface area contributed by atoms with Gasteiger partial charge in [-0.25, -0.2) is 4.98 Å². The van der Waals surface area contributed by atoms with E-state index in [-0.39, 0.29) is 6.61 Å². The highest BCUT2D eigenvalue weighted by Crippen LogP contribution is 2.37. The van der Waals surface area contributed by atoms with Crippen molar-refractivity contribution in [1.82, 2.24) is 4.98 Å². The van der Waals surface area contributed by atoms with Crippen LogP contribution in [0.5, 0.6) is 0 Å². The van der Waals surface area contributed by atoms with Crippen molar-refractivity contribution in [2.75, 3.05) is 0 Å². The molecule has 1 fully saturated rings. The summed E-state index contributed by atoms with van der Waals surface area (Å²) in [5.74, 6) is 0.589. The van der Waals surface area contributed by atoms with Crippen molar-refractivity contribution in [3.8, 4) is 0 Å². The monoisotopic (exact) mass is 231 g/mol. The molecule has 1 aliphatic rings. The third kappa shape index (κ3) is 2.10. The van der Waals surface area contributed by atoms with Crippen LogP contribution in [-0.4, -0.2) is 10.1 Å². The van der Waals surface area contributed by atoms with E-state index in [1.165, 1.54) is 43.4 Å². The molecule has 1 saturated carbocycles. The first-order valence-corrected chi connectivity index (χ1v) is 6.26. The molecule has 0 radical (unpaired) electrons. The summed E-state index contributed by atoms with van der Waals surface area (Å²) >= 11 is 7.50. The minimum Gasteiger partial charge on any atom is -0.390 e. The SMILES string of the molecule is OCc1nc(C2CCCCC2)sc1Cl. The normalized spacial score (nSPS) is 18.7. The molecule has 1 aliphatic carbocycles. The molecule has 1 N–H and O–H groups in total. The van der Waals surface area contributed by atoms with Crippen LogP contribution in [-0.2, 0) is 6.61 Å². The number of hydrogen-bond acceptors (Lipinski definition) is 3. The molecule has 0 aromatic carbocycles. The Hall–Kier alpha value is -0.120. The Morgan fingerprint density at radius 1 is 1.36 bits per heavy atom. The highest BCUT2D eigenvalue weighted by atomic mass is 35.5. The van der Waals surface area contributed by atoms with Gasteiger partial charge in [-0.3, -0.25) is 0 Å². The van der Waals surface area contributed by atoms with Crippen LogP contribution in [0.4, 0.5) is 0 Å². The quantitative estimate of drug-likeness (QED) is 0.847. The molecule has 1 aromatic rings. The lowest BCUT2D eigenvalue weighted by atomic mass is 9.90. The first kappa shape index (κ1) is 10.4. The van der Waals surface area contributed by atoms with Crippen LogP contribution in [0.3, 0.4) is 0 Å². The van der Waals surface area contributed by atoms with Crippen LogP contribution in [0.2, 0.25) is 4.34 Å². The second kappa shape index (κ2) is 4.60. The molecule has 0 saturated heterocycles. The fraction of sp³-hybridized carbons (Fsp3) is 0.700. The molecule has 0 spiro atoms. The van der Waals surface area contributed by atoms with E-state index in [1.807, 2.05) is 0 Å². The largest absolute Gasteiger partial charge is 0.390 e. The van der Waals surface area contributed by atoms with Gasteiger partial charge < -0.3 is 5.11 Å². The smallest absolute Gasteiger partial charge is 0.119 e. The van der Waals surface area contributed by atoms with Crippen molar-refractivity contribution in [2.45, 2.75) is 44.6 Å². The summed E-state index contributed by atoms with van der Waals surface area (Å²) in [6.45, 7) is -0.0396. The topological polar surface area (TPSA) is 33.1 Å². The first-order chi connectivity index (χ1) is 6.81. The van der Waals surface area contributed by atoms with Crippen LogP contribution in [0.15, 0.2) is 0 Å². The van der Waals surface area contributed by atoms with Gasteiger partial charge in [0.1, 0.15) is 4.34 Å². The maximum Gasteiger partial charge on any atom is 0.119 e. The van der Waals surface area contributed by atoms with Gasteiger partial charge in [0.15, 0.2) is 0 Å². The molecule has 4 heteroatoms. The van der Waals surface area contributed by atoms with Gasteiger partial charge in [0, 0.05) is 5.92 Å². The van der Waals surface area contributed by atoms with Gasteiger partial charge >= 0.3 is 0 Å². The summed E-state index contributed by atoms with van der Waals surface area (Å²) in [4.78, 5) is 4.39. The average Bonchev–Trinajstić information content (AvgIpc) is 2.61. The fourth-order valence-electron chi connectivity index (χ4n) is 1.97. The van der Waals surface area contributed by atoms with Gasteiger partial charge in [0.2, 0.25) is 0 Å². The average molecular weight is 232 g/mol. The van der Waals surface area contributed by atoms with E-state index in [0.29, 0.717) is 15.9 Å². The second-order valence-corrected chi connectivity index (χ2v) is 5.40. The number of aliphatic hydroxyl groups is 1. The summed E-state index contributed by atoms with van der Waals surface area (Å²) < 4.78 is 0.660. The van der Waals surface area contributed by atoms with Crippen LogP contribution < -0.4 is 0 Å². The lowest BCUT2D eigenvalue weighted by Crippen LogP contribution is -2.04. The molecule has 14 heavy (non-hydrogen) atoms. The Labute approximate surface area is 92.9 Å². The fourth-order valence-corrected chi connectivity index (χ4v) is 3.28. The van der Waals surface area contributed by atoms with Crippen molar-refractivity contribution < 1.29 is 5.11 Å². The lowest BCUT2D eigenvalue weighted by Gasteiger charge is -2.18. The minimum atomic E-state index is -0.0396. The number of halogens is 1. The molecule has 0 aliphatic heterocycles. The van der Waals surface area contributed by atoms with E-state index >= 15 is 0 Å². The molecular weight excluding hydrogens is 218 g/mol. The summed E-state index contributed by atoms with van der Waals surface area (Å²) in [5, 5.41) is 10.1. The van der Waals surface area contributed by atoms with Crippen molar-refractivity contribution in [3.05, 3.63) is 15.0 Å². The van der Waals surface area contributed by atoms with Crippen LogP contribution in [0, 0.1) is 0 Å². The number of thiazole rings is 1. The predicted octanol–water partition coefficient (Wildman–Crippen LogP) is 3.34. The Morgan fingerprint density at radius 3 is 2.64 bits per heavy atom. The van der Waals surface area contributed by atoms with Gasteiger partial charge in [-0.2, -0.15) is 0 Å². The van der Waals surface area contributed by atoms with E-state index in [4.69, 9.17) is 16.7 Å². The number of nitrogens with zero attached hydrogens (tertiary/aromatic N) is 1. The van der Waals surface area contributed by atoms with Crippen molar-refractivity contribution >= 4 is 22.9 Å². The van der Waals surface area contributed by atoms with E-state index < -0.39 is 0 Å². The second-order valence-electron chi connectivity index (χ2n) is 3.77. The number of aromatic nitrogens is 1. The number of aliphatic hydroxyl groups excluding tert-OH is 1. The Morgan fingerprint density at radius 2 is 2.07 bits per heavy atom. The van der Waals surface area contributed by atoms with E-state index in [2.05, 4.69) is 4.98 Å². The predicted molar refractivity (Wildman–Crippen MR) is 58.9 cm³/mol. The molecule has 0 amide bonds. The summed E-state index contributed by atoms with van der Waals surface area (Å²) in [7, 11) is 0. The van der Waals surface area contributed by atoms with Crippen LogP contribution in [0.1, 0.15) is 48.7 Å². The van der Waals surface area contributed by atoms with Gasteiger partial charge in [0.25, 0.3) is 0 Å². The molecule has 2 rings (SSSR count). The molecule has 0 bridgehead atoms. The maximum absolute atomic E-state index is 8.99. The van der Waals surface area contributed by atoms with Gasteiger partial charge in [-0.15, -0.1) is 11.3 Å². The Bertz CT molecular complexity index is 307. The molecule has 2 nitrogen and oxygen atoms in total. The van der Waals surface area contributed by atoms with Crippen molar-refractivity contribution in [1.29, 1.82) is 0 Å². The van der Waals surface area contributed by atoms with E-state index in [1.54, 1.807) is 0 Å². The Balaban J connectivity index is 2.14. The zero-order chi connectivity index (χ0) is 9.97. The van der Waals surface area contributed by atoms with Gasteiger partial charge in [-0.05, 0) is 12.8 Å². The first-order valence-electron chi connectivity index (χ1n) is 5.07. The van der Waals surface area contributed by atoms with Crippen LogP contribution in [0.25, 0.3) is 0 Å². The molecule has 1 heterocycles. The zero-order valence-corrected chi connectivity index (χ0v) is 9.57. The lowest BCUT2D eigenvalue weighted by molar-refractivity contribution is 0.277. The molecule has 0 atom stereocenters. The van der Waals surface area contributed by atoms with E-state index in [0.717, 1.165) is 5.01 Å². The third-order valence-electron chi connectivity index (χ3n) is 2.77. The standard InChI is InChI=1S/C10H14ClNOS/c11-9-8(6-13)12-10(14-9)7-4-2-1-3-5-7/h7,13H,1-6H2. The van der Waals surface area contributed by atoms with Crippen molar-refractivity contribution in [2.24, 2.45) is 0 Å². The molecular formula is C10H14ClNOS. The molecule has 78 valence electrons.